The topological polar surface area (TPSA) is 32.8 Å². The van der Waals surface area contributed by atoms with Gasteiger partial charge in [0.25, 0.3) is 0 Å². The summed E-state index contributed by atoms with van der Waals surface area (Å²) in [6.07, 6.45) is 6.16. The third-order valence-electron chi connectivity index (χ3n) is 16.9. The Bertz CT molecular complexity index is 4200. The van der Waals surface area contributed by atoms with E-state index >= 15 is 0 Å². The van der Waals surface area contributed by atoms with Crippen molar-refractivity contribution in [3.8, 4) is 33.4 Å². The van der Waals surface area contributed by atoms with Gasteiger partial charge in [-0.25, -0.2) is 0 Å². The fourth-order valence-electron chi connectivity index (χ4n) is 13.3. The second-order valence-electron chi connectivity index (χ2n) is 22.0. The Balaban J connectivity index is 1.06. The van der Waals surface area contributed by atoms with Crippen molar-refractivity contribution in [2.24, 2.45) is 0 Å². The summed E-state index contributed by atoms with van der Waals surface area (Å²) in [5, 5.41) is 3.18. The fraction of sp³-hybridized carbons (Fsp3) is 0.143. The van der Waals surface area contributed by atoms with E-state index in [0.717, 1.165) is 89.5 Å². The van der Waals surface area contributed by atoms with Crippen molar-refractivity contribution in [2.45, 2.75) is 64.7 Å². The predicted molar refractivity (Wildman–Crippen MR) is 310 cm³/mol. The molecule has 4 heteroatoms. The summed E-state index contributed by atoms with van der Waals surface area (Å²) >= 11 is 0. The Morgan fingerprint density at radius 1 is 0.419 bits per heavy atom. The maximum atomic E-state index is 7.34. The lowest BCUT2D eigenvalue weighted by molar-refractivity contribution is 0.603. The molecule has 11 aromatic rings. The molecule has 2 heterocycles. The largest absolute Gasteiger partial charge is 0.455 e. The van der Waals surface area contributed by atoms with Crippen molar-refractivity contribution >= 4 is 79.2 Å². The van der Waals surface area contributed by atoms with Crippen LogP contribution in [0.25, 0.3) is 78.4 Å². The molecule has 0 radical (unpaired) electrons. The van der Waals surface area contributed by atoms with E-state index in [9.17, 15) is 0 Å². The van der Waals surface area contributed by atoms with Crippen LogP contribution >= 0.6 is 0 Å². The predicted octanol–water partition coefficient (Wildman–Crippen LogP) is 19.9. The number of hydrogen-bond acceptors (Lipinski definition) is 4. The third kappa shape index (κ3) is 5.97. The van der Waals surface area contributed by atoms with Crippen molar-refractivity contribution in [2.75, 3.05) is 9.80 Å². The molecule has 358 valence electrons. The van der Waals surface area contributed by atoms with Crippen molar-refractivity contribution in [1.82, 2.24) is 0 Å². The second-order valence-corrected chi connectivity index (χ2v) is 22.0. The van der Waals surface area contributed by atoms with Crippen LogP contribution in [0.15, 0.2) is 203 Å². The lowest BCUT2D eigenvalue weighted by Gasteiger charge is -2.31. The highest BCUT2D eigenvalue weighted by Crippen LogP contribution is 2.62. The summed E-state index contributed by atoms with van der Waals surface area (Å²) in [6.45, 7) is 20.6. The van der Waals surface area contributed by atoms with Crippen LogP contribution in [0.4, 0.5) is 34.1 Å². The number of hydrogen-bond donors (Lipinski definition) is 0. The molecule has 0 fully saturated rings. The maximum Gasteiger partial charge on any atom is 0.160 e. The summed E-state index contributed by atoms with van der Waals surface area (Å²) in [6, 6.07) is 66.9. The number of fused-ring (bicyclic) bond motifs is 15. The van der Waals surface area contributed by atoms with Crippen LogP contribution in [-0.2, 0) is 16.2 Å². The average Bonchev–Trinajstić information content (AvgIpc) is 4.20. The van der Waals surface area contributed by atoms with Gasteiger partial charge < -0.3 is 18.6 Å². The van der Waals surface area contributed by atoms with E-state index in [1.54, 1.807) is 0 Å². The molecule has 0 aliphatic heterocycles. The smallest absolute Gasteiger partial charge is 0.160 e. The zero-order chi connectivity index (χ0) is 50.4. The highest BCUT2D eigenvalue weighted by atomic mass is 16.3. The van der Waals surface area contributed by atoms with Gasteiger partial charge in [0.15, 0.2) is 5.58 Å². The average molecular weight is 957 g/mol. The molecule has 0 N–H and O–H groups in total. The summed E-state index contributed by atoms with van der Waals surface area (Å²) in [5.41, 5.74) is 24.1. The molecule has 0 amide bonds. The van der Waals surface area contributed by atoms with Gasteiger partial charge in [0.1, 0.15) is 16.9 Å². The maximum absolute atomic E-state index is 7.34. The van der Waals surface area contributed by atoms with Gasteiger partial charge in [0, 0.05) is 66.5 Å². The molecule has 0 atom stereocenters. The highest BCUT2D eigenvalue weighted by molar-refractivity contribution is 6.23. The minimum atomic E-state index is -0.512. The first-order valence-electron chi connectivity index (χ1n) is 26.0. The Morgan fingerprint density at radius 2 is 0.905 bits per heavy atom. The van der Waals surface area contributed by atoms with E-state index in [1.165, 1.54) is 55.6 Å². The molecule has 0 unspecified atom stereocenters. The molecule has 0 saturated carbocycles. The number of anilines is 6. The van der Waals surface area contributed by atoms with Crippen LogP contribution in [0, 0.1) is 0 Å². The van der Waals surface area contributed by atoms with Gasteiger partial charge in [0.2, 0.25) is 0 Å². The molecule has 3 aliphatic carbocycles. The van der Waals surface area contributed by atoms with Crippen LogP contribution in [0.3, 0.4) is 0 Å². The zero-order valence-electron chi connectivity index (χ0n) is 43.0. The van der Waals surface area contributed by atoms with E-state index in [-0.39, 0.29) is 10.8 Å². The van der Waals surface area contributed by atoms with Gasteiger partial charge in [-0.3, -0.25) is 0 Å². The van der Waals surface area contributed by atoms with Crippen LogP contribution in [0.2, 0.25) is 0 Å². The zero-order valence-corrected chi connectivity index (χ0v) is 43.0. The van der Waals surface area contributed by atoms with Gasteiger partial charge in [0.05, 0.1) is 16.8 Å². The number of benzene rings is 9. The Morgan fingerprint density at radius 3 is 1.49 bits per heavy atom. The van der Waals surface area contributed by atoms with Crippen LogP contribution in [0.5, 0.6) is 0 Å². The third-order valence-corrected chi connectivity index (χ3v) is 16.9. The molecule has 14 rings (SSSR count). The molecule has 74 heavy (non-hydrogen) atoms. The molecular weight excluding hydrogens is 901 g/mol. The van der Waals surface area contributed by atoms with Gasteiger partial charge in [-0.15, -0.1) is 0 Å². The summed E-state index contributed by atoms with van der Waals surface area (Å²) < 4.78 is 14.6. The number of furan rings is 2. The first-order chi connectivity index (χ1) is 35.9. The molecule has 3 aliphatic rings. The first kappa shape index (κ1) is 44.1. The monoisotopic (exact) mass is 956 g/mol. The molecule has 0 bridgehead atoms. The van der Waals surface area contributed by atoms with Crippen molar-refractivity contribution in [3.63, 3.8) is 0 Å². The Hall–Kier alpha value is -8.60. The lowest BCUT2D eigenvalue weighted by Crippen LogP contribution is -2.19. The van der Waals surface area contributed by atoms with E-state index < -0.39 is 5.41 Å². The van der Waals surface area contributed by atoms with Gasteiger partial charge in [-0.1, -0.05) is 176 Å². The first-order valence-corrected chi connectivity index (χ1v) is 26.0. The van der Waals surface area contributed by atoms with E-state index in [0.29, 0.717) is 0 Å². The highest BCUT2D eigenvalue weighted by Gasteiger charge is 2.44. The lowest BCUT2D eigenvalue weighted by atomic mass is 9.81. The van der Waals surface area contributed by atoms with Crippen LogP contribution in [-0.4, -0.2) is 0 Å². The van der Waals surface area contributed by atoms with E-state index in [4.69, 9.17) is 8.83 Å². The van der Waals surface area contributed by atoms with E-state index in [1.807, 2.05) is 6.08 Å². The van der Waals surface area contributed by atoms with Crippen molar-refractivity contribution < 1.29 is 8.83 Å². The van der Waals surface area contributed by atoms with Crippen molar-refractivity contribution in [1.29, 1.82) is 0 Å². The van der Waals surface area contributed by atoms with Gasteiger partial charge in [-0.2, -0.15) is 0 Å². The quantitative estimate of drug-likeness (QED) is 0.152. The molecule has 9 aromatic carbocycles. The molecule has 0 saturated heterocycles. The van der Waals surface area contributed by atoms with Crippen LogP contribution in [0.1, 0.15) is 93.2 Å². The molecular formula is C70H56N2O2. The minimum absolute atomic E-state index is 0.180. The van der Waals surface area contributed by atoms with E-state index in [2.05, 4.69) is 259 Å². The number of allylic oxidation sites excluding steroid dienone is 1. The number of rotatable bonds is 8. The minimum Gasteiger partial charge on any atom is -0.455 e. The second kappa shape index (κ2) is 15.7. The number of para-hydroxylation sites is 3. The summed E-state index contributed by atoms with van der Waals surface area (Å²) in [7, 11) is 0. The Kier molecular flexibility index (Phi) is 9.36. The molecule has 0 spiro atoms. The molecule has 2 aromatic heterocycles. The number of nitrogens with zero attached hydrogens (tertiary/aromatic N) is 2. The summed E-state index contributed by atoms with van der Waals surface area (Å²) in [5.74, 6) is 0.729. The van der Waals surface area contributed by atoms with Gasteiger partial charge in [-0.05, 0) is 135 Å². The van der Waals surface area contributed by atoms with Crippen LogP contribution < -0.4 is 9.80 Å². The normalized spacial score (nSPS) is 15.0. The van der Waals surface area contributed by atoms with Gasteiger partial charge >= 0.3 is 0 Å². The Labute approximate surface area is 433 Å². The fourth-order valence-corrected chi connectivity index (χ4v) is 13.3. The molecule has 4 nitrogen and oxygen atoms in total. The SMILES string of the molecule is C=Cc1oc2c(N(c3ccccc3)c3ccc4c(c3)C(C)(C)c3ccccc3-4)cc3c(c2c1/C=C\C)-c1c(cc(N(c2ccccc2)c2ccc4c(c2)C(C)(C)c2ccccc2-4)c2c1oc1ccccc12)C3(C)C. The van der Waals surface area contributed by atoms with Crippen molar-refractivity contribution in [3.05, 3.63) is 239 Å². The summed E-state index contributed by atoms with van der Waals surface area (Å²) in [4.78, 5) is 4.87. The standard InChI is InChI=1S/C70H56N2O2/c1-9-23-50-60(10-2)73-66-59(72(43-26-15-12-16-27-43)45-35-37-49-47-29-18-21-32-53(47)69(5,6)55(49)39-45)41-56-64(63(50)66)65-57(70(56,7)8)40-58(62-51-30-19-22-33-61(51)74-67(62)65)71(42-24-13-11-14-25-42)44-34-36-48-46-28-17-20-31-52(46)68(3,4)54(48)38-44/h9-41H,2H2,1,3-8H3/b23-9-.